The quantitative estimate of drug-likeness (QED) is 0.746. The number of nitrogens with one attached hydrogen (secondary N) is 2. The number of carbonyl (C=O) groups excluding carboxylic acids is 1. The standard InChI is InChI=1S/C15H24N2O3S2/c1-11(9-10-22(4,19)20)16-15(18)17-12(2)13-7-5-6-8-14(13)21-3/h5-8,11-12H,9-10H2,1-4H3,(H2,16,17,18)/t11?,12-/m1/s1. The van der Waals surface area contributed by atoms with Gasteiger partial charge >= 0.3 is 6.03 Å². The van der Waals surface area contributed by atoms with E-state index < -0.39 is 9.84 Å². The number of urea groups is 1. The van der Waals surface area contributed by atoms with Crippen LogP contribution in [-0.4, -0.2) is 38.8 Å². The Bertz CT molecular complexity index is 603. The van der Waals surface area contributed by atoms with Gasteiger partial charge in [-0.3, -0.25) is 0 Å². The lowest BCUT2D eigenvalue weighted by molar-refractivity contribution is 0.234. The Balaban J connectivity index is 2.54. The molecule has 5 nitrogen and oxygen atoms in total. The van der Waals surface area contributed by atoms with Gasteiger partial charge in [-0.25, -0.2) is 13.2 Å². The molecule has 0 spiro atoms. The minimum atomic E-state index is -3.00. The second-order valence-corrected chi connectivity index (χ2v) is 8.51. The number of sulfone groups is 1. The normalized spacial score (nSPS) is 14.2. The van der Waals surface area contributed by atoms with E-state index in [9.17, 15) is 13.2 Å². The van der Waals surface area contributed by atoms with E-state index in [1.54, 1.807) is 18.7 Å². The summed E-state index contributed by atoms with van der Waals surface area (Å²) in [5, 5.41) is 5.66. The van der Waals surface area contributed by atoms with Crippen molar-refractivity contribution in [3.05, 3.63) is 29.8 Å². The molecule has 2 atom stereocenters. The van der Waals surface area contributed by atoms with Crippen molar-refractivity contribution in [2.45, 2.75) is 37.2 Å². The van der Waals surface area contributed by atoms with Crippen molar-refractivity contribution in [2.24, 2.45) is 0 Å². The first-order chi connectivity index (χ1) is 10.2. The Morgan fingerprint density at radius 2 is 1.86 bits per heavy atom. The van der Waals surface area contributed by atoms with E-state index in [2.05, 4.69) is 10.6 Å². The molecule has 1 unspecified atom stereocenters. The Kier molecular flexibility index (Phi) is 7.22. The average Bonchev–Trinajstić information content (AvgIpc) is 2.44. The van der Waals surface area contributed by atoms with E-state index in [0.29, 0.717) is 6.42 Å². The highest BCUT2D eigenvalue weighted by molar-refractivity contribution is 7.98. The number of thioether (sulfide) groups is 1. The highest BCUT2D eigenvalue weighted by Crippen LogP contribution is 2.25. The molecule has 22 heavy (non-hydrogen) atoms. The van der Waals surface area contributed by atoms with Crippen LogP contribution in [0.15, 0.2) is 29.2 Å². The van der Waals surface area contributed by atoms with Crippen molar-refractivity contribution in [1.29, 1.82) is 0 Å². The highest BCUT2D eigenvalue weighted by atomic mass is 32.2. The molecule has 2 amide bonds. The van der Waals surface area contributed by atoms with Crippen LogP contribution in [-0.2, 0) is 9.84 Å². The number of amides is 2. The number of hydrogen-bond donors (Lipinski definition) is 2. The summed E-state index contributed by atoms with van der Waals surface area (Å²) in [6, 6.07) is 7.32. The van der Waals surface area contributed by atoms with Gasteiger partial charge in [-0.15, -0.1) is 11.8 Å². The molecule has 0 radical (unpaired) electrons. The first kappa shape index (κ1) is 18.8. The van der Waals surface area contributed by atoms with Crippen LogP contribution >= 0.6 is 11.8 Å². The van der Waals surface area contributed by atoms with Gasteiger partial charge in [0, 0.05) is 17.2 Å². The molecule has 0 aliphatic carbocycles. The SMILES string of the molecule is CSc1ccccc1[C@@H](C)NC(=O)NC(C)CCS(C)(=O)=O. The third-order valence-corrected chi connectivity index (χ3v) is 5.04. The van der Waals surface area contributed by atoms with E-state index in [-0.39, 0.29) is 23.9 Å². The van der Waals surface area contributed by atoms with Gasteiger partial charge in [0.1, 0.15) is 9.84 Å². The third kappa shape index (κ3) is 6.70. The maximum atomic E-state index is 12.0. The van der Waals surface area contributed by atoms with E-state index in [0.717, 1.165) is 10.5 Å². The van der Waals surface area contributed by atoms with Crippen molar-refractivity contribution >= 4 is 27.6 Å². The second-order valence-electron chi connectivity index (χ2n) is 5.40. The van der Waals surface area contributed by atoms with E-state index >= 15 is 0 Å². The van der Waals surface area contributed by atoms with Gasteiger partial charge < -0.3 is 10.6 Å². The monoisotopic (exact) mass is 344 g/mol. The summed E-state index contributed by atoms with van der Waals surface area (Å²) in [6.07, 6.45) is 3.60. The number of rotatable bonds is 7. The van der Waals surface area contributed by atoms with Crippen molar-refractivity contribution < 1.29 is 13.2 Å². The molecule has 0 fully saturated rings. The summed E-state index contributed by atoms with van der Waals surface area (Å²) in [7, 11) is -3.00. The van der Waals surface area contributed by atoms with Crippen molar-refractivity contribution in [2.75, 3.05) is 18.3 Å². The fourth-order valence-corrected chi connectivity index (χ4v) is 3.50. The topological polar surface area (TPSA) is 75.3 Å². The second kappa shape index (κ2) is 8.43. The van der Waals surface area contributed by atoms with Gasteiger partial charge in [0.15, 0.2) is 0 Å². The minimum absolute atomic E-state index is 0.0688. The number of carbonyl (C=O) groups is 1. The summed E-state index contributed by atoms with van der Waals surface area (Å²) >= 11 is 1.64. The lowest BCUT2D eigenvalue weighted by atomic mass is 10.1. The predicted molar refractivity (Wildman–Crippen MR) is 92.1 cm³/mol. The molecular weight excluding hydrogens is 320 g/mol. The van der Waals surface area contributed by atoms with Crippen LogP contribution in [0.2, 0.25) is 0 Å². The average molecular weight is 345 g/mol. The molecule has 0 heterocycles. The molecule has 0 saturated carbocycles. The number of benzene rings is 1. The molecular formula is C15H24N2O3S2. The predicted octanol–water partition coefficient (Wildman–Crippen LogP) is 2.59. The molecule has 0 bridgehead atoms. The van der Waals surface area contributed by atoms with Crippen LogP contribution in [0, 0.1) is 0 Å². The van der Waals surface area contributed by atoms with Gasteiger partial charge in [0.2, 0.25) is 0 Å². The Morgan fingerprint density at radius 3 is 2.45 bits per heavy atom. The summed E-state index contributed by atoms with van der Waals surface area (Å²) in [4.78, 5) is 13.1. The summed E-state index contributed by atoms with van der Waals surface area (Å²) in [5.41, 5.74) is 1.06. The lowest BCUT2D eigenvalue weighted by Gasteiger charge is -2.20. The molecule has 2 N–H and O–H groups in total. The van der Waals surface area contributed by atoms with E-state index in [1.807, 2.05) is 37.4 Å². The molecule has 124 valence electrons. The van der Waals surface area contributed by atoms with Crippen LogP contribution in [0.25, 0.3) is 0 Å². The van der Waals surface area contributed by atoms with E-state index in [4.69, 9.17) is 0 Å². The first-order valence-corrected chi connectivity index (χ1v) is 10.4. The van der Waals surface area contributed by atoms with Gasteiger partial charge in [-0.2, -0.15) is 0 Å². The van der Waals surface area contributed by atoms with Crippen molar-refractivity contribution in [3.63, 3.8) is 0 Å². The molecule has 1 aromatic carbocycles. The van der Waals surface area contributed by atoms with Gasteiger partial charge in [-0.1, -0.05) is 18.2 Å². The maximum absolute atomic E-state index is 12.0. The van der Waals surface area contributed by atoms with Crippen LogP contribution < -0.4 is 10.6 Å². The highest BCUT2D eigenvalue weighted by Gasteiger charge is 2.15. The molecule has 0 aromatic heterocycles. The Morgan fingerprint density at radius 1 is 1.23 bits per heavy atom. The van der Waals surface area contributed by atoms with Crippen LogP contribution in [0.3, 0.4) is 0 Å². The Hall–Kier alpha value is -1.21. The zero-order valence-electron chi connectivity index (χ0n) is 13.4. The summed E-state index contributed by atoms with van der Waals surface area (Å²) < 4.78 is 22.2. The summed E-state index contributed by atoms with van der Waals surface area (Å²) in [6.45, 7) is 3.72. The van der Waals surface area contributed by atoms with E-state index in [1.165, 1.54) is 6.26 Å². The smallest absolute Gasteiger partial charge is 0.315 e. The number of hydrogen-bond acceptors (Lipinski definition) is 4. The third-order valence-electron chi connectivity index (χ3n) is 3.25. The zero-order valence-corrected chi connectivity index (χ0v) is 15.1. The largest absolute Gasteiger partial charge is 0.336 e. The summed E-state index contributed by atoms with van der Waals surface area (Å²) in [5.74, 6) is 0.0688. The molecule has 1 rings (SSSR count). The fraction of sp³-hybridized carbons (Fsp3) is 0.533. The Labute approximate surface area is 137 Å². The fourth-order valence-electron chi connectivity index (χ4n) is 2.03. The minimum Gasteiger partial charge on any atom is -0.336 e. The first-order valence-electron chi connectivity index (χ1n) is 7.10. The van der Waals surface area contributed by atoms with Crippen molar-refractivity contribution in [3.8, 4) is 0 Å². The maximum Gasteiger partial charge on any atom is 0.315 e. The lowest BCUT2D eigenvalue weighted by Crippen LogP contribution is -2.42. The molecule has 0 aliphatic rings. The van der Waals surface area contributed by atoms with Gasteiger partial charge in [-0.05, 0) is 38.2 Å². The van der Waals surface area contributed by atoms with Gasteiger partial charge in [0.25, 0.3) is 0 Å². The molecule has 0 saturated heterocycles. The zero-order chi connectivity index (χ0) is 16.8. The van der Waals surface area contributed by atoms with Crippen LogP contribution in [0.5, 0.6) is 0 Å². The van der Waals surface area contributed by atoms with Crippen LogP contribution in [0.1, 0.15) is 31.9 Å². The van der Waals surface area contributed by atoms with Crippen molar-refractivity contribution in [1.82, 2.24) is 10.6 Å². The van der Waals surface area contributed by atoms with Gasteiger partial charge in [0.05, 0.1) is 11.8 Å². The van der Waals surface area contributed by atoms with Crippen LogP contribution in [0.4, 0.5) is 4.79 Å². The molecule has 0 aliphatic heterocycles. The molecule has 1 aromatic rings. The molecule has 7 heteroatoms.